The minimum Gasteiger partial charge on any atom is -0.657 e. The Kier molecular flexibility index (Phi) is 8.97. The van der Waals surface area contributed by atoms with Crippen LogP contribution < -0.4 is 9.97 Å². The van der Waals surface area contributed by atoms with Crippen LogP contribution in [-0.4, -0.2) is 45.7 Å². The molecule has 3 aromatic heterocycles. The number of fused-ring (bicyclic) bond motifs is 8. The van der Waals surface area contributed by atoms with Crippen LogP contribution in [-0.2, 0) is 34.7 Å². The predicted molar refractivity (Wildman–Crippen MR) is 167 cm³/mol. The molecule has 0 saturated carbocycles. The van der Waals surface area contributed by atoms with Crippen molar-refractivity contribution in [1.82, 2.24) is 19.9 Å². The van der Waals surface area contributed by atoms with Crippen molar-refractivity contribution in [2.75, 3.05) is 7.11 Å². The first-order chi connectivity index (χ1) is 21.4. The fraction of sp³-hybridized carbons (Fsp3) is 0.429. The minimum absolute atomic E-state index is 0. The maximum atomic E-state index is 14.0. The van der Waals surface area contributed by atoms with Gasteiger partial charge in [-0.05, 0) is 39.2 Å². The molecule has 0 radical (unpaired) electrons. The molecule has 3 unspecified atom stereocenters. The van der Waals surface area contributed by atoms with Gasteiger partial charge in [-0.2, -0.15) is 0 Å². The largest absolute Gasteiger partial charge is 2.00 e. The summed E-state index contributed by atoms with van der Waals surface area (Å²) in [6.07, 6.45) is 0.933. The molecule has 2 aliphatic heterocycles. The van der Waals surface area contributed by atoms with Crippen molar-refractivity contribution < 1.29 is 49.4 Å². The Hall–Kier alpha value is -3.94. The van der Waals surface area contributed by atoms with Crippen molar-refractivity contribution in [3.8, 4) is 0 Å². The van der Waals surface area contributed by atoms with Crippen LogP contribution in [0.3, 0.4) is 0 Å². The molecule has 3 aromatic rings. The summed E-state index contributed by atoms with van der Waals surface area (Å²) in [4.78, 5) is 71.7. The second-order valence-corrected chi connectivity index (χ2v) is 12.5. The topological polar surface area (TPSA) is 152 Å². The molecule has 0 fully saturated rings. The van der Waals surface area contributed by atoms with E-state index >= 15 is 0 Å². The van der Waals surface area contributed by atoms with Crippen LogP contribution in [0.2, 0.25) is 0 Å². The number of methoxy groups -OCH3 is 1. The number of ether oxygens (including phenoxy) is 1. The fourth-order valence-electron chi connectivity index (χ4n) is 7.44. The number of hydrogen-bond acceptors (Lipinski definition) is 7. The van der Waals surface area contributed by atoms with Crippen molar-refractivity contribution in [3.05, 3.63) is 68.8 Å². The van der Waals surface area contributed by atoms with E-state index in [2.05, 4.69) is 13.8 Å². The third-order valence-electron chi connectivity index (χ3n) is 9.94. The normalized spacial score (nSPS) is 21.6. The van der Waals surface area contributed by atoms with Gasteiger partial charge in [0.1, 0.15) is 5.92 Å². The molecular weight excluding hydrogens is 679 g/mol. The summed E-state index contributed by atoms with van der Waals surface area (Å²) in [5.41, 5.74) is 7.44. The van der Waals surface area contributed by atoms with E-state index in [4.69, 9.17) is 24.7 Å². The number of aliphatic carboxylic acids is 1. The molecule has 10 nitrogen and oxygen atoms in total. The van der Waals surface area contributed by atoms with Gasteiger partial charge in [0.05, 0.1) is 7.11 Å². The van der Waals surface area contributed by atoms with E-state index in [1.807, 2.05) is 39.0 Å². The Labute approximate surface area is 280 Å². The first-order valence-corrected chi connectivity index (χ1v) is 15.4. The number of carboxylic acid groups (broad SMARTS) is 1. The number of carboxylic acids is 1. The molecule has 1 aliphatic carbocycles. The standard InChI is InChI=1S/C35H38N4O6.Pd/c1-8-19-14(2)21-13-26-28(18(6)40)16(4)23(37-26)11-22-15(3)20(9-10-27(41)42)32(38-22)30-31(35(44)45-7)34(43)29-17(5)24(39-33(29)30)12-25(19)36-21;/h11-15,19-20,31H,8-10H2,1-7H3,(H3,36,37,38,39,40,41,42,43);/q;+2/p-2/t14?,15?,19-,20+,31?;/m1./s1. The number of carbonyl (C=O) groups excluding carboxylic acids is 3. The molecule has 46 heavy (non-hydrogen) atoms. The van der Waals surface area contributed by atoms with Crippen LogP contribution in [0.4, 0.5) is 0 Å². The molecular formula is C35H36N4O6Pd. The number of aromatic nitrogens is 4. The van der Waals surface area contributed by atoms with Crippen LogP contribution in [0.15, 0.2) is 18.2 Å². The van der Waals surface area contributed by atoms with E-state index in [9.17, 15) is 24.3 Å². The molecule has 8 bridgehead atoms. The summed E-state index contributed by atoms with van der Waals surface area (Å²) in [6, 6.07) is 5.64. The second kappa shape index (κ2) is 12.3. The summed E-state index contributed by atoms with van der Waals surface area (Å²) < 4.78 is 5.11. The van der Waals surface area contributed by atoms with Gasteiger partial charge in [0.15, 0.2) is 11.6 Å². The number of Topliss-reactive ketones (excluding diaryl/α,β-unsaturated/α-hetero) is 2. The summed E-state index contributed by atoms with van der Waals surface area (Å²) in [5.74, 6) is -3.98. The maximum absolute atomic E-state index is 14.0. The Balaban J connectivity index is 0.00000417. The average molecular weight is 715 g/mol. The summed E-state index contributed by atoms with van der Waals surface area (Å²) in [5, 5.41) is 9.59. The maximum Gasteiger partial charge on any atom is 2.00 e. The number of rotatable bonds is 6. The molecule has 5 atom stereocenters. The summed E-state index contributed by atoms with van der Waals surface area (Å²) in [6.45, 7) is 11.4. The monoisotopic (exact) mass is 714 g/mol. The van der Waals surface area contributed by atoms with Crippen LogP contribution >= 0.6 is 0 Å². The average Bonchev–Trinajstić information content (AvgIpc) is 3.72. The molecule has 0 aromatic carbocycles. The minimum atomic E-state index is -1.26. The second-order valence-electron chi connectivity index (χ2n) is 12.5. The zero-order chi connectivity index (χ0) is 32.5. The zero-order valence-electron chi connectivity index (χ0n) is 26.8. The van der Waals surface area contributed by atoms with E-state index in [1.54, 1.807) is 0 Å². The number of hydrogen-bond donors (Lipinski definition) is 1. The Morgan fingerprint density at radius 2 is 1.52 bits per heavy atom. The smallest absolute Gasteiger partial charge is 0.657 e. The molecule has 5 heterocycles. The summed E-state index contributed by atoms with van der Waals surface area (Å²) in [7, 11) is 1.24. The van der Waals surface area contributed by atoms with Crippen molar-refractivity contribution in [3.63, 3.8) is 0 Å². The first kappa shape index (κ1) is 33.4. The van der Waals surface area contributed by atoms with Gasteiger partial charge >= 0.3 is 32.4 Å². The van der Waals surface area contributed by atoms with Crippen molar-refractivity contribution in [2.24, 2.45) is 0 Å². The number of esters is 1. The zero-order valence-corrected chi connectivity index (χ0v) is 28.4. The van der Waals surface area contributed by atoms with Gasteiger partial charge in [-0.25, -0.2) is 0 Å². The van der Waals surface area contributed by atoms with Crippen molar-refractivity contribution in [2.45, 2.75) is 90.4 Å². The molecule has 242 valence electrons. The molecule has 0 saturated heterocycles. The van der Waals surface area contributed by atoms with Gasteiger partial charge in [0.25, 0.3) is 0 Å². The van der Waals surface area contributed by atoms with E-state index in [0.717, 1.165) is 17.8 Å². The van der Waals surface area contributed by atoms with E-state index in [0.29, 0.717) is 61.3 Å². The van der Waals surface area contributed by atoms with Gasteiger partial charge in [-0.1, -0.05) is 50.1 Å². The van der Waals surface area contributed by atoms with Crippen LogP contribution in [0.5, 0.6) is 0 Å². The van der Waals surface area contributed by atoms with Gasteiger partial charge in [0, 0.05) is 64.0 Å². The Bertz CT molecular complexity index is 1970. The number of aryl methyl sites for hydroxylation is 2. The molecule has 0 amide bonds. The molecule has 3 aliphatic rings. The fourth-order valence-corrected chi connectivity index (χ4v) is 7.44. The number of carbonyl (C=O) groups is 4. The Morgan fingerprint density at radius 1 is 0.913 bits per heavy atom. The third kappa shape index (κ3) is 5.14. The predicted octanol–water partition coefficient (Wildman–Crippen LogP) is 5.89. The van der Waals surface area contributed by atoms with E-state index < -0.39 is 29.6 Å². The van der Waals surface area contributed by atoms with Gasteiger partial charge in [-0.15, -0.1) is 22.1 Å². The first-order valence-electron chi connectivity index (χ1n) is 15.4. The van der Waals surface area contributed by atoms with Crippen LogP contribution in [0.1, 0.15) is 137 Å². The van der Waals surface area contributed by atoms with Crippen molar-refractivity contribution >= 4 is 45.6 Å². The van der Waals surface area contributed by atoms with Gasteiger partial charge < -0.3 is 19.8 Å². The molecule has 0 spiro atoms. The number of nitrogens with zero attached hydrogens (tertiary/aromatic N) is 4. The number of ketones is 2. The Morgan fingerprint density at radius 3 is 2.15 bits per heavy atom. The van der Waals surface area contributed by atoms with E-state index in [-0.39, 0.29) is 56.8 Å². The summed E-state index contributed by atoms with van der Waals surface area (Å²) >= 11 is 0. The van der Waals surface area contributed by atoms with Crippen LogP contribution in [0.25, 0.3) is 22.1 Å². The van der Waals surface area contributed by atoms with Gasteiger partial charge in [-0.3, -0.25) is 29.1 Å². The van der Waals surface area contributed by atoms with E-state index in [1.165, 1.54) is 14.0 Å². The van der Waals surface area contributed by atoms with Crippen molar-refractivity contribution in [1.29, 1.82) is 0 Å². The molecule has 6 rings (SSSR count). The molecule has 11 heteroatoms. The van der Waals surface area contributed by atoms with Crippen LogP contribution in [0, 0.1) is 13.8 Å². The SMILES string of the molecule is CC[C@H]1c2cc3[n-]c4c(c3C)C(=O)C(C(=O)OC)c4c3nc(cc4[n-]c(cc(n2)C1C)c(C(C)=O)c4C)C(C)[C@@H]3CCC(=O)O.[Pd+2]. The third-order valence-corrected chi connectivity index (χ3v) is 9.94. The van der Waals surface area contributed by atoms with Gasteiger partial charge in [0.2, 0.25) is 0 Å². The quantitative estimate of drug-likeness (QED) is 0.142. The molecule has 1 N–H and O–H groups in total.